The molecule has 5 N–H and O–H groups in total. The van der Waals surface area contributed by atoms with Crippen LogP contribution in [0.5, 0.6) is 17.2 Å². The summed E-state index contributed by atoms with van der Waals surface area (Å²) in [6, 6.07) is 20.6. The van der Waals surface area contributed by atoms with Crippen molar-refractivity contribution < 1.29 is 49.3 Å². The van der Waals surface area contributed by atoms with Crippen LogP contribution in [0.1, 0.15) is 21.5 Å². The average molecular weight is 496 g/mol. The van der Waals surface area contributed by atoms with Gasteiger partial charge in [-0.2, -0.15) is 0 Å². The molecule has 36 heavy (non-hydrogen) atoms. The smallest absolute Gasteiger partial charge is 0.338 e. The van der Waals surface area contributed by atoms with E-state index in [-0.39, 0.29) is 17.1 Å². The van der Waals surface area contributed by atoms with Gasteiger partial charge in [-0.05, 0) is 12.1 Å². The highest BCUT2D eigenvalue weighted by atomic mass is 16.7. The maximum atomic E-state index is 12.9. The molecule has 1 fully saturated rings. The normalized spacial score (nSPS) is 26.4. The number of aromatic hydroxyl groups is 1. The molecule has 0 radical (unpaired) electrons. The lowest BCUT2D eigenvalue weighted by atomic mass is 9.97. The van der Waals surface area contributed by atoms with Gasteiger partial charge in [0.2, 0.25) is 5.75 Å². The van der Waals surface area contributed by atoms with Gasteiger partial charge in [-0.25, -0.2) is 4.79 Å². The van der Waals surface area contributed by atoms with Gasteiger partial charge in [0.1, 0.15) is 18.3 Å². The summed E-state index contributed by atoms with van der Waals surface area (Å²) in [4.78, 5) is 12.9. The van der Waals surface area contributed by atoms with Crippen molar-refractivity contribution in [2.24, 2.45) is 0 Å². The van der Waals surface area contributed by atoms with Crippen LogP contribution in [0.2, 0.25) is 0 Å². The molecule has 0 aromatic heterocycles. The fourth-order valence-electron chi connectivity index (χ4n) is 4.32. The van der Waals surface area contributed by atoms with Gasteiger partial charge in [0.25, 0.3) is 0 Å². The SMILES string of the molecule is O=C(O[C@@H]1[C@@H](O)[C@@H](O)O[C@H](CO)[C@H]1O)c1cc(O)c2c(c1)OC(c1ccccc1)(c1ccccc1)O2. The van der Waals surface area contributed by atoms with Gasteiger partial charge in [0.05, 0.1) is 12.2 Å². The van der Waals surface area contributed by atoms with Crippen LogP contribution < -0.4 is 9.47 Å². The van der Waals surface area contributed by atoms with Gasteiger partial charge in [0.15, 0.2) is 23.9 Å². The van der Waals surface area contributed by atoms with E-state index in [2.05, 4.69) is 0 Å². The third-order valence-electron chi connectivity index (χ3n) is 6.16. The Hall–Kier alpha value is -3.67. The van der Waals surface area contributed by atoms with Crippen LogP contribution in [0.3, 0.4) is 0 Å². The Kier molecular flexibility index (Phi) is 6.29. The average Bonchev–Trinajstić information content (AvgIpc) is 3.31. The minimum atomic E-state index is -1.79. The molecule has 0 amide bonds. The minimum absolute atomic E-state index is 0.0150. The van der Waals surface area contributed by atoms with Gasteiger partial charge < -0.3 is 44.5 Å². The number of rotatable bonds is 5. The number of carbonyl (C=O) groups excluding carboxylic acids is 1. The molecule has 10 nitrogen and oxygen atoms in total. The van der Waals surface area contributed by atoms with Crippen LogP contribution in [0.25, 0.3) is 0 Å². The predicted molar refractivity (Wildman–Crippen MR) is 122 cm³/mol. The molecule has 3 aromatic carbocycles. The Labute approximate surface area is 205 Å². The Morgan fingerprint density at radius 2 is 1.50 bits per heavy atom. The summed E-state index contributed by atoms with van der Waals surface area (Å²) in [5.74, 6) is -2.77. The summed E-state index contributed by atoms with van der Waals surface area (Å²) in [6.45, 7) is -0.676. The van der Waals surface area contributed by atoms with Crippen molar-refractivity contribution in [3.63, 3.8) is 0 Å². The zero-order valence-corrected chi connectivity index (χ0v) is 18.8. The van der Waals surface area contributed by atoms with Crippen molar-refractivity contribution in [3.05, 3.63) is 89.5 Å². The highest BCUT2D eigenvalue weighted by Crippen LogP contribution is 2.52. The molecule has 5 rings (SSSR count). The Morgan fingerprint density at radius 3 is 2.08 bits per heavy atom. The largest absolute Gasteiger partial charge is 0.504 e. The number of hydrogen-bond donors (Lipinski definition) is 5. The third kappa shape index (κ3) is 4.04. The summed E-state index contributed by atoms with van der Waals surface area (Å²) < 4.78 is 22.6. The van der Waals surface area contributed by atoms with Gasteiger partial charge in [0, 0.05) is 11.1 Å². The van der Waals surface area contributed by atoms with Crippen LogP contribution in [0.15, 0.2) is 72.8 Å². The lowest BCUT2D eigenvalue weighted by Crippen LogP contribution is -2.59. The van der Waals surface area contributed by atoms with E-state index in [1.54, 1.807) is 0 Å². The highest BCUT2D eigenvalue weighted by Gasteiger charge is 2.48. The van der Waals surface area contributed by atoms with E-state index < -0.39 is 54.8 Å². The zero-order chi connectivity index (χ0) is 25.4. The van der Waals surface area contributed by atoms with Gasteiger partial charge >= 0.3 is 11.8 Å². The Bertz CT molecular complexity index is 1190. The fraction of sp³-hybridized carbons (Fsp3) is 0.269. The third-order valence-corrected chi connectivity index (χ3v) is 6.16. The molecule has 0 aliphatic carbocycles. The molecule has 2 heterocycles. The number of aliphatic hydroxyl groups is 4. The highest BCUT2D eigenvalue weighted by molar-refractivity contribution is 5.91. The maximum Gasteiger partial charge on any atom is 0.338 e. The van der Waals surface area contributed by atoms with Crippen LogP contribution in [0, 0.1) is 0 Å². The topological polar surface area (TPSA) is 155 Å². The van der Waals surface area contributed by atoms with Crippen LogP contribution in [-0.4, -0.2) is 68.8 Å². The number of aliphatic hydroxyl groups excluding tert-OH is 4. The summed E-state index contributed by atoms with van der Waals surface area (Å²) in [5, 5.41) is 50.4. The van der Waals surface area contributed by atoms with Crippen LogP contribution >= 0.6 is 0 Å². The second-order valence-electron chi connectivity index (χ2n) is 8.47. The molecule has 2 aliphatic heterocycles. The lowest BCUT2D eigenvalue weighted by molar-refractivity contribution is -0.285. The van der Waals surface area contributed by atoms with E-state index in [0.29, 0.717) is 11.1 Å². The molecule has 188 valence electrons. The number of esters is 1. The number of phenolic OH excluding ortho intramolecular Hbond substituents is 1. The van der Waals surface area contributed by atoms with Crippen LogP contribution in [-0.2, 0) is 15.3 Å². The molecule has 2 aliphatic rings. The van der Waals surface area contributed by atoms with E-state index >= 15 is 0 Å². The fourth-order valence-corrected chi connectivity index (χ4v) is 4.32. The lowest BCUT2D eigenvalue weighted by Gasteiger charge is -2.39. The van der Waals surface area contributed by atoms with Gasteiger partial charge in [-0.1, -0.05) is 60.7 Å². The second-order valence-corrected chi connectivity index (χ2v) is 8.47. The van der Waals surface area contributed by atoms with Crippen molar-refractivity contribution in [2.75, 3.05) is 6.61 Å². The first-order valence-corrected chi connectivity index (χ1v) is 11.2. The number of hydrogen-bond acceptors (Lipinski definition) is 10. The number of benzene rings is 3. The molecule has 0 spiro atoms. The quantitative estimate of drug-likeness (QED) is 0.323. The number of phenols is 1. The standard InChI is InChI=1S/C26H24O10/c27-13-19-20(29)23(21(30)25(32)33-19)34-24(31)14-11-17(28)22-18(12-14)35-26(36-22,15-7-3-1-4-8-15)16-9-5-2-6-10-16/h1-12,19-21,23,25,27-30,32H,13H2/t19-,20-,21-,23+,25+/m1/s1. The monoisotopic (exact) mass is 496 g/mol. The second kappa shape index (κ2) is 9.41. The first-order valence-electron chi connectivity index (χ1n) is 11.2. The molecule has 0 saturated carbocycles. The molecule has 0 unspecified atom stereocenters. The van der Waals surface area contributed by atoms with E-state index in [9.17, 15) is 30.3 Å². The molecule has 5 atom stereocenters. The zero-order valence-electron chi connectivity index (χ0n) is 18.8. The van der Waals surface area contributed by atoms with Crippen molar-refractivity contribution in [1.82, 2.24) is 0 Å². The van der Waals surface area contributed by atoms with E-state index in [1.807, 2.05) is 60.7 Å². The van der Waals surface area contributed by atoms with Crippen molar-refractivity contribution in [2.45, 2.75) is 36.5 Å². The first-order chi connectivity index (χ1) is 17.3. The number of ether oxygens (including phenoxy) is 4. The van der Waals surface area contributed by atoms with Crippen molar-refractivity contribution in [1.29, 1.82) is 0 Å². The predicted octanol–water partition coefficient (Wildman–Crippen LogP) is 1.02. The number of fused-ring (bicyclic) bond motifs is 1. The van der Waals surface area contributed by atoms with E-state index in [1.165, 1.54) is 6.07 Å². The summed E-state index contributed by atoms with van der Waals surface area (Å²) in [5.41, 5.74) is 1.13. The summed E-state index contributed by atoms with van der Waals surface area (Å²) in [6.07, 6.45) is -8.03. The van der Waals surface area contributed by atoms with Gasteiger partial charge in [-0.3, -0.25) is 0 Å². The molecular weight excluding hydrogens is 472 g/mol. The van der Waals surface area contributed by atoms with Crippen LogP contribution in [0.4, 0.5) is 0 Å². The molecule has 3 aromatic rings. The van der Waals surface area contributed by atoms with E-state index in [0.717, 1.165) is 6.07 Å². The summed E-state index contributed by atoms with van der Waals surface area (Å²) in [7, 11) is 0. The maximum absolute atomic E-state index is 12.9. The molecule has 0 bridgehead atoms. The molecule has 10 heteroatoms. The summed E-state index contributed by atoms with van der Waals surface area (Å²) >= 11 is 0. The van der Waals surface area contributed by atoms with Gasteiger partial charge in [-0.15, -0.1) is 0 Å². The Morgan fingerprint density at radius 1 is 0.889 bits per heavy atom. The number of carbonyl (C=O) groups is 1. The molecular formula is C26H24O10. The molecule has 1 saturated heterocycles. The van der Waals surface area contributed by atoms with Crippen molar-refractivity contribution >= 4 is 5.97 Å². The van der Waals surface area contributed by atoms with Crippen molar-refractivity contribution in [3.8, 4) is 17.2 Å². The minimum Gasteiger partial charge on any atom is -0.504 e. The van der Waals surface area contributed by atoms with E-state index in [4.69, 9.17) is 18.9 Å². The first kappa shape index (κ1) is 24.0. The Balaban J connectivity index is 1.47.